The first kappa shape index (κ1) is 14.0. The summed E-state index contributed by atoms with van der Waals surface area (Å²) in [5, 5.41) is 14.7. The third-order valence-electron chi connectivity index (χ3n) is 2.97. The molecule has 2 amide bonds. The Bertz CT molecular complexity index is 264. The van der Waals surface area contributed by atoms with E-state index in [-0.39, 0.29) is 24.6 Å². The first-order chi connectivity index (χ1) is 8.11. The van der Waals surface area contributed by atoms with Crippen LogP contribution in [-0.2, 0) is 0 Å². The Morgan fingerprint density at radius 1 is 1.47 bits per heavy atom. The molecule has 0 bridgehead atoms. The number of hydrogen-bond donors (Lipinski definition) is 3. The van der Waals surface area contributed by atoms with Gasteiger partial charge in [-0.1, -0.05) is 26.0 Å². The van der Waals surface area contributed by atoms with Crippen LogP contribution in [0.5, 0.6) is 0 Å². The molecule has 0 aromatic heterocycles. The quantitative estimate of drug-likeness (QED) is 0.488. The maximum absolute atomic E-state index is 11.5. The van der Waals surface area contributed by atoms with Crippen LogP contribution in [0.3, 0.4) is 0 Å². The number of amides is 2. The number of aliphatic hydroxyl groups excluding tert-OH is 1. The zero-order valence-electron chi connectivity index (χ0n) is 10.8. The van der Waals surface area contributed by atoms with Crippen molar-refractivity contribution in [2.24, 2.45) is 11.8 Å². The Hall–Kier alpha value is -1.03. The van der Waals surface area contributed by atoms with Crippen molar-refractivity contribution in [2.45, 2.75) is 39.2 Å². The Morgan fingerprint density at radius 2 is 2.24 bits per heavy atom. The molecule has 4 heteroatoms. The van der Waals surface area contributed by atoms with Crippen LogP contribution in [0.15, 0.2) is 12.2 Å². The predicted molar refractivity (Wildman–Crippen MR) is 68.7 cm³/mol. The Labute approximate surface area is 103 Å². The van der Waals surface area contributed by atoms with Crippen molar-refractivity contribution in [3.05, 3.63) is 12.2 Å². The van der Waals surface area contributed by atoms with E-state index < -0.39 is 0 Å². The number of rotatable bonds is 6. The number of hydrogen-bond acceptors (Lipinski definition) is 2. The molecule has 0 radical (unpaired) electrons. The highest BCUT2D eigenvalue weighted by Crippen LogP contribution is 2.16. The molecule has 0 fully saturated rings. The van der Waals surface area contributed by atoms with Gasteiger partial charge in [-0.15, -0.1) is 0 Å². The molecule has 3 N–H and O–H groups in total. The van der Waals surface area contributed by atoms with Gasteiger partial charge in [-0.2, -0.15) is 0 Å². The van der Waals surface area contributed by atoms with Crippen LogP contribution in [0.2, 0.25) is 0 Å². The lowest BCUT2D eigenvalue weighted by atomic mass is 10.1. The van der Waals surface area contributed by atoms with E-state index in [1.165, 1.54) is 0 Å². The summed E-state index contributed by atoms with van der Waals surface area (Å²) in [5.74, 6) is 0.879. The molecule has 1 aliphatic rings. The van der Waals surface area contributed by atoms with E-state index in [1.807, 2.05) is 12.2 Å². The second-order valence-corrected chi connectivity index (χ2v) is 5.11. The van der Waals surface area contributed by atoms with E-state index in [4.69, 9.17) is 5.11 Å². The van der Waals surface area contributed by atoms with Crippen LogP contribution in [0.25, 0.3) is 0 Å². The summed E-state index contributed by atoms with van der Waals surface area (Å²) in [6.45, 7) is 5.24. The lowest BCUT2D eigenvalue weighted by Gasteiger charge is -2.13. The number of aliphatic hydroxyl groups is 1. The van der Waals surface area contributed by atoms with Crippen LogP contribution >= 0.6 is 0 Å². The van der Waals surface area contributed by atoms with Gasteiger partial charge < -0.3 is 15.7 Å². The molecular formula is C13H24N2O2. The first-order valence-corrected chi connectivity index (χ1v) is 6.45. The normalized spacial score (nSPS) is 23.1. The fourth-order valence-electron chi connectivity index (χ4n) is 1.95. The highest BCUT2D eigenvalue weighted by Gasteiger charge is 2.19. The smallest absolute Gasteiger partial charge is 0.315 e. The van der Waals surface area contributed by atoms with Gasteiger partial charge in [-0.25, -0.2) is 4.79 Å². The van der Waals surface area contributed by atoms with Crippen LogP contribution in [0, 0.1) is 11.8 Å². The number of nitrogens with one attached hydrogen (secondary N) is 2. The van der Waals surface area contributed by atoms with Crippen LogP contribution in [0.1, 0.15) is 33.1 Å². The molecule has 98 valence electrons. The second kappa shape index (κ2) is 7.33. The molecule has 4 nitrogen and oxygen atoms in total. The van der Waals surface area contributed by atoms with Gasteiger partial charge in [0.2, 0.25) is 0 Å². The highest BCUT2D eigenvalue weighted by molar-refractivity contribution is 5.74. The average Bonchev–Trinajstić information content (AvgIpc) is 2.72. The van der Waals surface area contributed by atoms with E-state index in [1.54, 1.807) is 0 Å². The van der Waals surface area contributed by atoms with Gasteiger partial charge in [0, 0.05) is 25.1 Å². The predicted octanol–water partition coefficient (Wildman–Crippen LogP) is 1.66. The van der Waals surface area contributed by atoms with E-state index in [9.17, 15) is 4.79 Å². The largest absolute Gasteiger partial charge is 0.396 e. The second-order valence-electron chi connectivity index (χ2n) is 5.11. The maximum atomic E-state index is 11.5. The summed E-state index contributed by atoms with van der Waals surface area (Å²) in [7, 11) is 0. The monoisotopic (exact) mass is 240 g/mol. The molecule has 0 aromatic rings. The van der Waals surface area contributed by atoms with Crippen molar-refractivity contribution in [2.75, 3.05) is 13.2 Å². The molecule has 0 aromatic carbocycles. The summed E-state index contributed by atoms with van der Waals surface area (Å²) >= 11 is 0. The van der Waals surface area contributed by atoms with Crippen molar-refractivity contribution >= 4 is 6.03 Å². The lowest BCUT2D eigenvalue weighted by Crippen LogP contribution is -2.41. The fraction of sp³-hybridized carbons (Fsp3) is 0.769. The van der Waals surface area contributed by atoms with Gasteiger partial charge in [-0.3, -0.25) is 0 Å². The van der Waals surface area contributed by atoms with E-state index in [0.717, 1.165) is 25.8 Å². The Balaban J connectivity index is 2.08. The molecular weight excluding hydrogens is 216 g/mol. The molecule has 2 atom stereocenters. The van der Waals surface area contributed by atoms with Gasteiger partial charge in [-0.05, 0) is 25.2 Å². The third kappa shape index (κ3) is 5.73. The molecule has 0 saturated heterocycles. The van der Waals surface area contributed by atoms with Crippen LogP contribution in [0.4, 0.5) is 4.79 Å². The van der Waals surface area contributed by atoms with Gasteiger partial charge in [0.05, 0.1) is 0 Å². The van der Waals surface area contributed by atoms with Gasteiger partial charge in [0.25, 0.3) is 0 Å². The summed E-state index contributed by atoms with van der Waals surface area (Å²) < 4.78 is 0. The minimum absolute atomic E-state index is 0.0669. The molecule has 0 saturated carbocycles. The van der Waals surface area contributed by atoms with Crippen molar-refractivity contribution in [3.8, 4) is 0 Å². The average molecular weight is 240 g/mol. The Kier molecular flexibility index (Phi) is 6.05. The van der Waals surface area contributed by atoms with E-state index in [2.05, 4.69) is 24.5 Å². The summed E-state index contributed by atoms with van der Waals surface area (Å²) in [5.41, 5.74) is 0. The molecule has 0 unspecified atom stereocenters. The molecule has 17 heavy (non-hydrogen) atoms. The third-order valence-corrected chi connectivity index (χ3v) is 2.97. The summed E-state index contributed by atoms with van der Waals surface area (Å²) in [4.78, 5) is 11.5. The Morgan fingerprint density at radius 3 is 2.82 bits per heavy atom. The zero-order chi connectivity index (χ0) is 12.7. The van der Waals surface area contributed by atoms with E-state index in [0.29, 0.717) is 5.92 Å². The minimum atomic E-state index is -0.109. The topological polar surface area (TPSA) is 61.4 Å². The first-order valence-electron chi connectivity index (χ1n) is 6.45. The summed E-state index contributed by atoms with van der Waals surface area (Å²) in [6.07, 6.45) is 6.87. The van der Waals surface area contributed by atoms with Crippen molar-refractivity contribution in [1.29, 1.82) is 0 Å². The number of carbonyl (C=O) groups excluding carboxylic acids is 1. The van der Waals surface area contributed by atoms with Crippen molar-refractivity contribution in [3.63, 3.8) is 0 Å². The molecule has 0 aliphatic heterocycles. The van der Waals surface area contributed by atoms with Crippen molar-refractivity contribution in [1.82, 2.24) is 10.6 Å². The lowest BCUT2D eigenvalue weighted by molar-refractivity contribution is 0.231. The summed E-state index contributed by atoms with van der Waals surface area (Å²) in [6, 6.07) is -0.0424. The van der Waals surface area contributed by atoms with Crippen LogP contribution in [-0.4, -0.2) is 30.3 Å². The highest BCUT2D eigenvalue weighted by atomic mass is 16.3. The van der Waals surface area contributed by atoms with Crippen LogP contribution < -0.4 is 10.6 Å². The number of urea groups is 1. The SMILES string of the molecule is CC(C)CCCNC(=O)N[C@@H]1C=C[C@H](CO)C1. The van der Waals surface area contributed by atoms with Gasteiger partial charge >= 0.3 is 6.03 Å². The molecule has 0 heterocycles. The van der Waals surface area contributed by atoms with Gasteiger partial charge in [0.1, 0.15) is 0 Å². The maximum Gasteiger partial charge on any atom is 0.315 e. The number of carbonyl (C=O) groups is 1. The minimum Gasteiger partial charge on any atom is -0.396 e. The zero-order valence-corrected chi connectivity index (χ0v) is 10.8. The van der Waals surface area contributed by atoms with Gasteiger partial charge in [0.15, 0.2) is 0 Å². The molecule has 0 spiro atoms. The standard InChI is InChI=1S/C13H24N2O2/c1-10(2)4-3-7-14-13(17)15-12-6-5-11(8-12)9-16/h5-6,10-12,16H,3-4,7-9H2,1-2H3,(H2,14,15,17)/t11-,12+/m0/s1. The molecule has 1 rings (SSSR count). The van der Waals surface area contributed by atoms with Crippen molar-refractivity contribution < 1.29 is 9.90 Å². The molecule has 1 aliphatic carbocycles. The fourth-order valence-corrected chi connectivity index (χ4v) is 1.95. The van der Waals surface area contributed by atoms with E-state index >= 15 is 0 Å².